The molecule has 1 heterocycles. The zero-order valence-electron chi connectivity index (χ0n) is 9.26. The van der Waals surface area contributed by atoms with Crippen LogP contribution in [-0.4, -0.2) is 16.1 Å². The van der Waals surface area contributed by atoms with Gasteiger partial charge in [-0.2, -0.15) is 5.10 Å². The second-order valence-corrected chi connectivity index (χ2v) is 3.81. The Kier molecular flexibility index (Phi) is 3.44. The second kappa shape index (κ2) is 5.01. The molecule has 0 radical (unpaired) electrons. The molecule has 2 aromatic rings. The fourth-order valence-corrected chi connectivity index (χ4v) is 1.63. The summed E-state index contributed by atoms with van der Waals surface area (Å²) < 4.78 is 7.30. The molecule has 0 bridgehead atoms. The van der Waals surface area contributed by atoms with E-state index in [4.69, 9.17) is 16.3 Å². The van der Waals surface area contributed by atoms with Crippen LogP contribution in [0.1, 0.15) is 17.3 Å². The minimum absolute atomic E-state index is 0.346. The van der Waals surface area contributed by atoms with Crippen molar-refractivity contribution in [2.24, 2.45) is 0 Å². The fourth-order valence-electron chi connectivity index (χ4n) is 1.42. The SMILES string of the molecule is CCn1cc(Oc2cccc(Cl)c2C=O)cn1. The number of hydrogen-bond acceptors (Lipinski definition) is 3. The zero-order chi connectivity index (χ0) is 12.3. The van der Waals surface area contributed by atoms with Crippen molar-refractivity contribution >= 4 is 17.9 Å². The Bertz CT molecular complexity index is 537. The fraction of sp³-hybridized carbons (Fsp3) is 0.167. The molecule has 0 amide bonds. The van der Waals surface area contributed by atoms with Gasteiger partial charge in [0.15, 0.2) is 12.0 Å². The Labute approximate surface area is 104 Å². The average molecular weight is 251 g/mol. The third-order valence-corrected chi connectivity index (χ3v) is 2.62. The minimum Gasteiger partial charge on any atom is -0.453 e. The number of rotatable bonds is 4. The van der Waals surface area contributed by atoms with Gasteiger partial charge in [-0.3, -0.25) is 9.48 Å². The molecule has 0 saturated heterocycles. The van der Waals surface area contributed by atoms with Gasteiger partial charge in [-0.1, -0.05) is 17.7 Å². The number of halogens is 1. The van der Waals surface area contributed by atoms with Crippen LogP contribution in [0.2, 0.25) is 5.02 Å². The van der Waals surface area contributed by atoms with E-state index in [-0.39, 0.29) is 0 Å². The first-order valence-corrected chi connectivity index (χ1v) is 5.56. The molecule has 0 fully saturated rings. The Balaban J connectivity index is 2.29. The molecule has 17 heavy (non-hydrogen) atoms. The van der Waals surface area contributed by atoms with Crippen LogP contribution in [0.15, 0.2) is 30.6 Å². The first-order valence-electron chi connectivity index (χ1n) is 5.18. The smallest absolute Gasteiger partial charge is 0.165 e. The van der Waals surface area contributed by atoms with Gasteiger partial charge in [-0.15, -0.1) is 0 Å². The first-order chi connectivity index (χ1) is 8.24. The number of ether oxygens (including phenoxy) is 1. The lowest BCUT2D eigenvalue weighted by Gasteiger charge is -2.06. The molecule has 2 rings (SSSR count). The zero-order valence-corrected chi connectivity index (χ0v) is 10.0. The van der Waals surface area contributed by atoms with Crippen LogP contribution in [0.25, 0.3) is 0 Å². The number of carbonyl (C=O) groups is 1. The van der Waals surface area contributed by atoms with E-state index in [2.05, 4.69) is 5.10 Å². The van der Waals surface area contributed by atoms with Gasteiger partial charge in [0, 0.05) is 6.54 Å². The predicted molar refractivity (Wildman–Crippen MR) is 64.8 cm³/mol. The van der Waals surface area contributed by atoms with E-state index < -0.39 is 0 Å². The number of benzene rings is 1. The van der Waals surface area contributed by atoms with Crippen LogP contribution in [0.3, 0.4) is 0 Å². The molecule has 5 heteroatoms. The second-order valence-electron chi connectivity index (χ2n) is 3.40. The Morgan fingerprint density at radius 3 is 3.00 bits per heavy atom. The number of aldehydes is 1. The normalized spacial score (nSPS) is 10.2. The number of hydrogen-bond donors (Lipinski definition) is 0. The Morgan fingerprint density at radius 1 is 1.53 bits per heavy atom. The van der Waals surface area contributed by atoms with Crippen molar-refractivity contribution in [3.05, 3.63) is 41.2 Å². The van der Waals surface area contributed by atoms with Crippen LogP contribution < -0.4 is 4.74 Å². The molecule has 1 aromatic carbocycles. The minimum atomic E-state index is 0.346. The molecule has 0 aliphatic heterocycles. The molecule has 0 unspecified atom stereocenters. The van der Waals surface area contributed by atoms with Gasteiger partial charge in [0.2, 0.25) is 0 Å². The molecule has 0 atom stereocenters. The van der Waals surface area contributed by atoms with E-state index in [1.54, 1.807) is 35.3 Å². The van der Waals surface area contributed by atoms with Gasteiger partial charge in [0.05, 0.1) is 23.0 Å². The summed E-state index contributed by atoms with van der Waals surface area (Å²) >= 11 is 5.90. The summed E-state index contributed by atoms with van der Waals surface area (Å²) in [5.41, 5.74) is 0.346. The average Bonchev–Trinajstić information content (AvgIpc) is 2.77. The van der Waals surface area contributed by atoms with E-state index in [1.165, 1.54) is 0 Å². The van der Waals surface area contributed by atoms with Gasteiger partial charge in [0.25, 0.3) is 0 Å². The summed E-state index contributed by atoms with van der Waals surface area (Å²) in [7, 11) is 0. The summed E-state index contributed by atoms with van der Waals surface area (Å²) in [4.78, 5) is 10.9. The highest BCUT2D eigenvalue weighted by atomic mass is 35.5. The monoisotopic (exact) mass is 250 g/mol. The summed E-state index contributed by atoms with van der Waals surface area (Å²) in [6.07, 6.45) is 4.04. The third kappa shape index (κ3) is 2.47. The van der Waals surface area contributed by atoms with Crippen molar-refractivity contribution in [1.29, 1.82) is 0 Å². The number of aromatic nitrogens is 2. The molecule has 88 valence electrons. The molecular formula is C12H11ClN2O2. The Hall–Kier alpha value is -1.81. The topological polar surface area (TPSA) is 44.1 Å². The van der Waals surface area contributed by atoms with Gasteiger partial charge in [-0.25, -0.2) is 0 Å². The molecule has 0 spiro atoms. The lowest BCUT2D eigenvalue weighted by atomic mass is 10.2. The van der Waals surface area contributed by atoms with E-state index in [1.807, 2.05) is 6.92 Å². The number of aryl methyl sites for hydroxylation is 1. The van der Waals surface area contributed by atoms with E-state index in [0.717, 1.165) is 6.54 Å². The lowest BCUT2D eigenvalue weighted by Crippen LogP contribution is -1.92. The molecule has 1 aromatic heterocycles. The predicted octanol–water partition coefficient (Wildman–Crippen LogP) is 3.16. The van der Waals surface area contributed by atoms with E-state index >= 15 is 0 Å². The van der Waals surface area contributed by atoms with Crippen molar-refractivity contribution in [3.63, 3.8) is 0 Å². The van der Waals surface area contributed by atoms with Crippen molar-refractivity contribution in [1.82, 2.24) is 9.78 Å². The van der Waals surface area contributed by atoms with Crippen LogP contribution in [0.5, 0.6) is 11.5 Å². The lowest BCUT2D eigenvalue weighted by molar-refractivity contribution is 0.112. The van der Waals surface area contributed by atoms with Crippen molar-refractivity contribution < 1.29 is 9.53 Å². The summed E-state index contributed by atoms with van der Waals surface area (Å²) in [5, 5.41) is 4.45. The number of nitrogens with zero attached hydrogens (tertiary/aromatic N) is 2. The van der Waals surface area contributed by atoms with Gasteiger partial charge in [0.1, 0.15) is 5.75 Å². The Morgan fingerprint density at radius 2 is 2.35 bits per heavy atom. The van der Waals surface area contributed by atoms with Crippen LogP contribution >= 0.6 is 11.6 Å². The molecule has 4 nitrogen and oxygen atoms in total. The molecular weight excluding hydrogens is 240 g/mol. The van der Waals surface area contributed by atoms with Crippen molar-refractivity contribution in [3.8, 4) is 11.5 Å². The number of carbonyl (C=O) groups excluding carboxylic acids is 1. The highest BCUT2D eigenvalue weighted by molar-refractivity contribution is 6.33. The van der Waals surface area contributed by atoms with Crippen LogP contribution in [0.4, 0.5) is 0 Å². The summed E-state index contributed by atoms with van der Waals surface area (Å²) in [6, 6.07) is 5.07. The maximum atomic E-state index is 10.9. The third-order valence-electron chi connectivity index (χ3n) is 2.29. The van der Waals surface area contributed by atoms with E-state index in [0.29, 0.717) is 28.4 Å². The van der Waals surface area contributed by atoms with Crippen LogP contribution in [0, 0.1) is 0 Å². The van der Waals surface area contributed by atoms with Crippen molar-refractivity contribution in [2.45, 2.75) is 13.5 Å². The van der Waals surface area contributed by atoms with Gasteiger partial charge in [-0.05, 0) is 19.1 Å². The van der Waals surface area contributed by atoms with Gasteiger partial charge < -0.3 is 4.74 Å². The highest BCUT2D eigenvalue weighted by Crippen LogP contribution is 2.28. The maximum Gasteiger partial charge on any atom is 0.165 e. The van der Waals surface area contributed by atoms with Crippen molar-refractivity contribution in [2.75, 3.05) is 0 Å². The van der Waals surface area contributed by atoms with E-state index in [9.17, 15) is 4.79 Å². The standard InChI is InChI=1S/C12H11ClN2O2/c1-2-15-7-9(6-14-15)17-12-5-3-4-11(13)10(12)8-16/h3-8H,2H2,1H3. The summed E-state index contributed by atoms with van der Waals surface area (Å²) in [6.45, 7) is 2.74. The largest absolute Gasteiger partial charge is 0.453 e. The maximum absolute atomic E-state index is 10.9. The quantitative estimate of drug-likeness (QED) is 0.783. The molecule has 0 aliphatic rings. The summed E-state index contributed by atoms with van der Waals surface area (Å²) in [5.74, 6) is 1.01. The molecule has 0 saturated carbocycles. The van der Waals surface area contributed by atoms with Crippen LogP contribution in [-0.2, 0) is 6.54 Å². The molecule has 0 N–H and O–H groups in total. The highest BCUT2D eigenvalue weighted by Gasteiger charge is 2.09. The van der Waals surface area contributed by atoms with Gasteiger partial charge >= 0.3 is 0 Å². The molecule has 0 aliphatic carbocycles. The first kappa shape index (κ1) is 11.7.